The zero-order valence-electron chi connectivity index (χ0n) is 34.7. The highest BCUT2D eigenvalue weighted by molar-refractivity contribution is 5.88. The van der Waals surface area contributed by atoms with Crippen LogP contribution in [0.4, 0.5) is 28.4 Å². The summed E-state index contributed by atoms with van der Waals surface area (Å²) in [5.74, 6) is 0. The fourth-order valence-corrected chi connectivity index (χ4v) is 6.87. The minimum absolute atomic E-state index is 0.00967. The van der Waals surface area contributed by atoms with Gasteiger partial charge in [-0.2, -0.15) is 0 Å². The molecule has 6 aromatic carbocycles. The highest BCUT2D eigenvalue weighted by Gasteiger charge is 2.22. The van der Waals surface area contributed by atoms with Crippen LogP contribution in [-0.4, -0.2) is 0 Å². The Kier molecular flexibility index (Phi) is 10.5. The summed E-state index contributed by atoms with van der Waals surface area (Å²) in [6.07, 6.45) is 0. The van der Waals surface area contributed by atoms with Crippen molar-refractivity contribution >= 4 is 28.4 Å². The molecule has 0 atom stereocenters. The molecule has 0 aliphatic carbocycles. The molecule has 54 heavy (non-hydrogen) atoms. The van der Waals surface area contributed by atoms with Gasteiger partial charge in [0.15, 0.2) is 0 Å². The van der Waals surface area contributed by atoms with Crippen molar-refractivity contribution in [3.63, 3.8) is 0 Å². The van der Waals surface area contributed by atoms with Crippen molar-refractivity contribution in [2.45, 2.75) is 105 Å². The van der Waals surface area contributed by atoms with Crippen molar-refractivity contribution in [2.24, 2.45) is 0 Å². The molecule has 0 bridgehead atoms. The summed E-state index contributed by atoms with van der Waals surface area (Å²) in [5.41, 5.74) is 15.9. The summed E-state index contributed by atoms with van der Waals surface area (Å²) in [4.78, 5) is 2.39. The average Bonchev–Trinajstić information content (AvgIpc) is 3.12. The first kappa shape index (κ1) is 38.6. The van der Waals surface area contributed by atoms with Gasteiger partial charge in [-0.05, 0) is 115 Å². The first-order valence-corrected chi connectivity index (χ1v) is 19.5. The quantitative estimate of drug-likeness (QED) is 0.177. The molecule has 0 saturated heterocycles. The van der Waals surface area contributed by atoms with Crippen LogP contribution in [0.2, 0.25) is 0 Å². The second-order valence-corrected chi connectivity index (χ2v) is 19.0. The Morgan fingerprint density at radius 2 is 0.630 bits per heavy atom. The maximum absolute atomic E-state index is 3.85. The van der Waals surface area contributed by atoms with Crippen LogP contribution in [0.3, 0.4) is 0 Å². The van der Waals surface area contributed by atoms with Crippen molar-refractivity contribution in [3.8, 4) is 22.3 Å². The van der Waals surface area contributed by atoms with E-state index in [2.05, 4.69) is 233 Å². The van der Waals surface area contributed by atoms with Gasteiger partial charge in [-0.1, -0.05) is 174 Å². The van der Waals surface area contributed by atoms with Crippen LogP contribution in [0.25, 0.3) is 22.3 Å². The molecule has 0 fully saturated rings. The van der Waals surface area contributed by atoms with Crippen molar-refractivity contribution in [2.75, 3.05) is 10.2 Å². The van der Waals surface area contributed by atoms with Crippen LogP contribution in [0.1, 0.15) is 105 Å². The topological polar surface area (TPSA) is 15.3 Å². The number of nitrogens with one attached hydrogen (secondary N) is 1. The van der Waals surface area contributed by atoms with E-state index in [0.29, 0.717) is 0 Å². The first-order chi connectivity index (χ1) is 25.3. The zero-order valence-corrected chi connectivity index (χ0v) is 34.7. The van der Waals surface area contributed by atoms with E-state index in [0.717, 1.165) is 28.4 Å². The maximum atomic E-state index is 3.85. The standard InChI is InChI=1S/C52H60N2/c1-49(2,3)40-21-13-36(14-22-40)38-17-30-45(31-18-38)54(46-32-19-39(20-33-46)37-15-23-41(24-16-37)50(4,5)6)48-34-27-43(52(10,11)12)35-47(48)53-44-28-25-42(26-29-44)51(7,8)9/h13-35,53H,1-12H3. The highest BCUT2D eigenvalue weighted by atomic mass is 15.2. The molecule has 0 spiro atoms. The Bertz CT molecular complexity index is 2060. The van der Waals surface area contributed by atoms with Crippen molar-refractivity contribution < 1.29 is 0 Å². The molecular formula is C52H60N2. The molecular weight excluding hydrogens is 653 g/mol. The van der Waals surface area contributed by atoms with Crippen LogP contribution in [0.5, 0.6) is 0 Å². The van der Waals surface area contributed by atoms with Crippen LogP contribution < -0.4 is 10.2 Å². The Labute approximate surface area is 326 Å². The van der Waals surface area contributed by atoms with E-state index >= 15 is 0 Å². The molecule has 0 aliphatic heterocycles. The fourth-order valence-electron chi connectivity index (χ4n) is 6.87. The highest BCUT2D eigenvalue weighted by Crippen LogP contribution is 2.43. The van der Waals surface area contributed by atoms with Crippen LogP contribution in [-0.2, 0) is 21.7 Å². The molecule has 0 aliphatic rings. The summed E-state index contributed by atoms with van der Waals surface area (Å²) >= 11 is 0. The monoisotopic (exact) mass is 712 g/mol. The van der Waals surface area contributed by atoms with Gasteiger partial charge in [0.05, 0.1) is 11.4 Å². The molecule has 2 nitrogen and oxygen atoms in total. The van der Waals surface area contributed by atoms with E-state index in [-0.39, 0.29) is 21.7 Å². The van der Waals surface area contributed by atoms with Crippen molar-refractivity contribution in [3.05, 3.63) is 162 Å². The van der Waals surface area contributed by atoms with Gasteiger partial charge in [-0.3, -0.25) is 0 Å². The SMILES string of the molecule is CC(C)(C)c1ccc(Nc2cc(C(C)(C)C)ccc2N(c2ccc(-c3ccc(C(C)(C)C)cc3)cc2)c2ccc(-c3ccc(C(C)(C)C)cc3)cc2)cc1. The van der Waals surface area contributed by atoms with Gasteiger partial charge in [-0.15, -0.1) is 0 Å². The normalized spacial score (nSPS) is 12.4. The molecule has 0 radical (unpaired) electrons. The number of nitrogens with zero attached hydrogens (tertiary/aromatic N) is 1. The van der Waals surface area contributed by atoms with Gasteiger partial charge in [-0.25, -0.2) is 0 Å². The van der Waals surface area contributed by atoms with Gasteiger partial charge in [0, 0.05) is 17.1 Å². The van der Waals surface area contributed by atoms with Crippen LogP contribution in [0.15, 0.2) is 140 Å². The molecule has 6 rings (SSSR count). The third kappa shape index (κ3) is 8.82. The number of rotatable bonds is 7. The Morgan fingerprint density at radius 1 is 0.333 bits per heavy atom. The molecule has 0 heterocycles. The summed E-state index contributed by atoms with van der Waals surface area (Å²) in [7, 11) is 0. The molecule has 0 amide bonds. The molecule has 0 saturated carbocycles. The van der Waals surface area contributed by atoms with E-state index in [1.165, 1.54) is 44.5 Å². The summed E-state index contributed by atoms with van der Waals surface area (Å²) < 4.78 is 0. The fraction of sp³-hybridized carbons (Fsp3) is 0.308. The second-order valence-electron chi connectivity index (χ2n) is 19.0. The van der Waals surface area contributed by atoms with Crippen molar-refractivity contribution in [1.82, 2.24) is 0 Å². The lowest BCUT2D eigenvalue weighted by Crippen LogP contribution is -2.15. The summed E-state index contributed by atoms with van der Waals surface area (Å²) in [6.45, 7) is 27.2. The smallest absolute Gasteiger partial charge is 0.0696 e. The van der Waals surface area contributed by atoms with Gasteiger partial charge < -0.3 is 10.2 Å². The van der Waals surface area contributed by atoms with E-state index < -0.39 is 0 Å². The minimum atomic E-state index is -0.00967. The second kappa shape index (κ2) is 14.6. The molecule has 0 unspecified atom stereocenters. The molecule has 0 aromatic heterocycles. The van der Waals surface area contributed by atoms with Crippen molar-refractivity contribution in [1.29, 1.82) is 0 Å². The maximum Gasteiger partial charge on any atom is 0.0696 e. The number of hydrogen-bond donors (Lipinski definition) is 1. The molecule has 278 valence electrons. The predicted molar refractivity (Wildman–Crippen MR) is 237 cm³/mol. The predicted octanol–water partition coefficient (Wildman–Crippen LogP) is 15.4. The lowest BCUT2D eigenvalue weighted by molar-refractivity contribution is 0.590. The third-order valence-electron chi connectivity index (χ3n) is 10.6. The van der Waals surface area contributed by atoms with Gasteiger partial charge in [0.25, 0.3) is 0 Å². The van der Waals surface area contributed by atoms with Gasteiger partial charge in [0.1, 0.15) is 0 Å². The van der Waals surface area contributed by atoms with Crippen LogP contribution >= 0.6 is 0 Å². The lowest BCUT2D eigenvalue weighted by Gasteiger charge is -2.30. The third-order valence-corrected chi connectivity index (χ3v) is 10.6. The van der Waals surface area contributed by atoms with Crippen LogP contribution in [0, 0.1) is 0 Å². The average molecular weight is 713 g/mol. The largest absolute Gasteiger partial charge is 0.354 e. The minimum Gasteiger partial charge on any atom is -0.354 e. The summed E-state index contributed by atoms with van der Waals surface area (Å²) in [6, 6.07) is 51.9. The Morgan fingerprint density at radius 3 is 0.963 bits per heavy atom. The van der Waals surface area contributed by atoms with E-state index in [1.807, 2.05) is 0 Å². The van der Waals surface area contributed by atoms with E-state index in [4.69, 9.17) is 0 Å². The van der Waals surface area contributed by atoms with Gasteiger partial charge >= 0.3 is 0 Å². The number of hydrogen-bond acceptors (Lipinski definition) is 2. The molecule has 1 N–H and O–H groups in total. The molecule has 6 aromatic rings. The first-order valence-electron chi connectivity index (χ1n) is 19.5. The van der Waals surface area contributed by atoms with E-state index in [9.17, 15) is 0 Å². The number of anilines is 5. The lowest BCUT2D eigenvalue weighted by atomic mass is 9.86. The zero-order chi connectivity index (χ0) is 39.1. The Hall–Kier alpha value is -5.08. The van der Waals surface area contributed by atoms with Gasteiger partial charge in [0.2, 0.25) is 0 Å². The Balaban J connectivity index is 1.44. The van der Waals surface area contributed by atoms with E-state index in [1.54, 1.807) is 0 Å². The summed E-state index contributed by atoms with van der Waals surface area (Å²) in [5, 5.41) is 3.85. The number of benzene rings is 6. The molecule has 2 heteroatoms.